The van der Waals surface area contributed by atoms with Gasteiger partial charge in [-0.05, 0) is 128 Å². The van der Waals surface area contributed by atoms with Gasteiger partial charge >= 0.3 is 27.6 Å². The van der Waals surface area contributed by atoms with Crippen LogP contribution in [0.3, 0.4) is 0 Å². The second-order valence-corrected chi connectivity index (χ2v) is 28.4. The van der Waals surface area contributed by atoms with E-state index in [0.29, 0.717) is 45.3 Å². The molecule has 5 atom stereocenters. The number of unbranched alkanes of at least 4 members (excludes halogenated alkanes) is 36. The van der Waals surface area contributed by atoms with E-state index in [4.69, 9.17) is 37.0 Å². The van der Waals surface area contributed by atoms with Crippen molar-refractivity contribution in [1.29, 1.82) is 0 Å². The summed E-state index contributed by atoms with van der Waals surface area (Å²) in [6.45, 7) is 2.22. The van der Waals surface area contributed by atoms with Gasteiger partial charge in [0.25, 0.3) is 0 Å². The van der Waals surface area contributed by atoms with E-state index >= 15 is 0 Å². The highest BCUT2D eigenvalue weighted by molar-refractivity contribution is 7.47. The summed E-state index contributed by atoms with van der Waals surface area (Å²) in [5, 5.41) is 10.6. The average molecular weight is 1400 g/mol. The summed E-state index contributed by atoms with van der Waals surface area (Å²) in [6.07, 6.45) is 73.0. The van der Waals surface area contributed by atoms with Gasteiger partial charge in [0.2, 0.25) is 0 Å². The molecule has 0 radical (unpaired) electrons. The van der Waals surface area contributed by atoms with Gasteiger partial charge in [-0.3, -0.25) is 27.7 Å². The summed E-state index contributed by atoms with van der Waals surface area (Å²) >= 11 is 0. The molecule has 0 aliphatic heterocycles. The molecule has 0 spiro atoms. The molecule has 19 heteroatoms. The van der Waals surface area contributed by atoms with Crippen molar-refractivity contribution in [3.63, 3.8) is 0 Å². The van der Waals surface area contributed by atoms with Crippen LogP contribution in [0.4, 0.5) is 0 Å². The number of rotatable bonds is 76. The molecule has 0 amide bonds. The molecule has 0 saturated heterocycles. The Bertz CT molecular complexity index is 2040. The maximum Gasteiger partial charge on any atom is 0.472 e. The Hall–Kier alpha value is -3.18. The van der Waals surface area contributed by atoms with Crippen LogP contribution in [-0.4, -0.2) is 111 Å². The van der Waals surface area contributed by atoms with E-state index in [1.165, 1.54) is 77.0 Å². The minimum Gasteiger partial charge on any atom is -0.463 e. The minimum absolute atomic E-state index is 0.0902. The van der Waals surface area contributed by atoms with E-state index < -0.39 is 66.4 Å². The summed E-state index contributed by atoms with van der Waals surface area (Å²) < 4.78 is 69.7. The number of esters is 2. The van der Waals surface area contributed by atoms with Crippen LogP contribution in [0, 0.1) is 0 Å². The molecule has 0 aromatic carbocycles. The zero-order valence-corrected chi connectivity index (χ0v) is 62.2. The standard InChI is InChI=1S/C77H138O17P2/c1-3-5-7-9-11-13-15-17-18-19-20-26-32-38-44-50-56-62-77(82)94-75(69-87-65-59-53-47-41-35-29-23-21-27-33-39-45-51-57-63-78)72-93-96(85,86)91-68-73(80)67-90-95(83,84)92-71-74(88-66-60-54-48-42-36-30-24-22-28-34-40-46-52-58-64-79)70-89-76(81)61-55-49-43-37-31-25-16-14-12-10-8-6-4-2/h11,13,17-18,20-24,26,38,44,63-64,73-75,80H,3-10,12,14-16,19,25,27-37,39-43,45-62,65-72H2,1-2H3,(H,83,84)(H,85,86)/b13-11-,18-17-,23-21-,24-22-,26-20-,44-38-/t73-,74+,75+/m0/s1. The number of allylic oxidation sites excluding steroid dienone is 12. The molecule has 0 aliphatic rings. The summed E-state index contributed by atoms with van der Waals surface area (Å²) in [6, 6.07) is 0. The summed E-state index contributed by atoms with van der Waals surface area (Å²) in [5.41, 5.74) is 0. The average Bonchev–Trinajstić information content (AvgIpc) is 2.37. The van der Waals surface area contributed by atoms with Gasteiger partial charge in [-0.15, -0.1) is 0 Å². The van der Waals surface area contributed by atoms with Crippen molar-refractivity contribution < 1.29 is 80.2 Å². The number of aliphatic hydroxyl groups excluding tert-OH is 1. The van der Waals surface area contributed by atoms with Crippen LogP contribution in [0.25, 0.3) is 0 Å². The summed E-state index contributed by atoms with van der Waals surface area (Å²) in [7, 11) is -9.69. The molecule has 0 aliphatic carbocycles. The van der Waals surface area contributed by atoms with Crippen LogP contribution >= 0.6 is 15.6 Å². The third-order valence-corrected chi connectivity index (χ3v) is 18.1. The highest BCUT2D eigenvalue weighted by Crippen LogP contribution is 2.45. The molecule has 96 heavy (non-hydrogen) atoms. The Morgan fingerprint density at radius 3 is 1.11 bits per heavy atom. The van der Waals surface area contributed by atoms with Gasteiger partial charge in [0.15, 0.2) is 0 Å². The lowest BCUT2D eigenvalue weighted by atomic mass is 10.0. The molecule has 0 rings (SSSR count). The maximum absolute atomic E-state index is 13.1. The van der Waals surface area contributed by atoms with Crippen molar-refractivity contribution in [2.75, 3.05) is 52.9 Å². The Balaban J connectivity index is 5.24. The Labute approximate surface area is 583 Å². The lowest BCUT2D eigenvalue weighted by molar-refractivity contribution is -0.154. The first-order valence-corrected chi connectivity index (χ1v) is 41.1. The molecule has 17 nitrogen and oxygen atoms in total. The fourth-order valence-corrected chi connectivity index (χ4v) is 11.9. The number of hydrogen-bond acceptors (Lipinski definition) is 15. The summed E-state index contributed by atoms with van der Waals surface area (Å²) in [4.78, 5) is 68.0. The normalized spacial score (nSPS) is 14.4. The molecule has 0 aromatic heterocycles. The molecular weight excluding hydrogens is 1260 g/mol. The first kappa shape index (κ1) is 92.8. The highest BCUT2D eigenvalue weighted by Gasteiger charge is 2.29. The van der Waals surface area contributed by atoms with Crippen LogP contribution in [0.15, 0.2) is 72.9 Å². The first-order chi connectivity index (χ1) is 46.9. The maximum atomic E-state index is 13.1. The third kappa shape index (κ3) is 72.1. The van der Waals surface area contributed by atoms with Crippen LogP contribution in [0.2, 0.25) is 0 Å². The van der Waals surface area contributed by atoms with Crippen molar-refractivity contribution in [2.45, 2.75) is 340 Å². The predicted molar refractivity (Wildman–Crippen MR) is 391 cm³/mol. The Morgan fingerprint density at radius 1 is 0.344 bits per heavy atom. The Kier molecular flexibility index (Phi) is 70.6. The number of carbonyl (C=O) groups excluding carboxylic acids is 4. The number of carbonyl (C=O) groups is 4. The molecule has 0 heterocycles. The van der Waals surface area contributed by atoms with E-state index in [1.807, 2.05) is 6.08 Å². The fraction of sp³-hybridized carbons (Fsp3) is 0.792. The quantitative estimate of drug-likeness (QED) is 0.0169. The van der Waals surface area contributed by atoms with Gasteiger partial charge in [-0.2, -0.15) is 0 Å². The largest absolute Gasteiger partial charge is 0.472 e. The smallest absolute Gasteiger partial charge is 0.463 e. The van der Waals surface area contributed by atoms with E-state index in [2.05, 4.69) is 80.7 Å². The molecule has 558 valence electrons. The van der Waals surface area contributed by atoms with E-state index in [-0.39, 0.29) is 32.0 Å². The fourth-order valence-electron chi connectivity index (χ4n) is 10.3. The van der Waals surface area contributed by atoms with Gasteiger partial charge in [0, 0.05) is 38.9 Å². The van der Waals surface area contributed by atoms with E-state index in [1.54, 1.807) is 0 Å². The second-order valence-electron chi connectivity index (χ2n) is 25.5. The molecule has 3 N–H and O–H groups in total. The van der Waals surface area contributed by atoms with Gasteiger partial charge in [-0.1, -0.05) is 241 Å². The zero-order valence-electron chi connectivity index (χ0n) is 60.4. The number of aldehydes is 2. The third-order valence-electron chi connectivity index (χ3n) is 16.2. The molecule has 0 aromatic rings. The van der Waals surface area contributed by atoms with Crippen molar-refractivity contribution >= 4 is 40.2 Å². The molecule has 2 unspecified atom stereocenters. The van der Waals surface area contributed by atoms with Crippen LogP contribution < -0.4 is 0 Å². The van der Waals surface area contributed by atoms with Crippen molar-refractivity contribution in [1.82, 2.24) is 0 Å². The lowest BCUT2D eigenvalue weighted by Gasteiger charge is -2.21. The number of hydrogen-bond donors (Lipinski definition) is 3. The topological polar surface area (TPSA) is 237 Å². The van der Waals surface area contributed by atoms with E-state index in [9.17, 15) is 43.2 Å². The van der Waals surface area contributed by atoms with Gasteiger partial charge in [0.1, 0.15) is 37.5 Å². The SMILES string of the molecule is CCCCC/C=C\C/C=C\C/C=C\C/C=C\CCCC(=O)O[C@H](COCCCCCCC/C=C\CCCCCCC=O)COP(=O)(O)OC[C@@H](O)COP(=O)(O)OC[C@@H](COC(=O)CCCCCCCCCCCCCCC)OCCCCCCC/C=C\CCCCCCC=O. The zero-order chi connectivity index (χ0) is 70.0. The van der Waals surface area contributed by atoms with Crippen molar-refractivity contribution in [3.05, 3.63) is 72.9 Å². The van der Waals surface area contributed by atoms with Crippen LogP contribution in [0.1, 0.15) is 322 Å². The second kappa shape index (κ2) is 73.1. The van der Waals surface area contributed by atoms with Crippen molar-refractivity contribution in [3.8, 4) is 0 Å². The van der Waals surface area contributed by atoms with Gasteiger partial charge < -0.3 is 43.4 Å². The first-order valence-electron chi connectivity index (χ1n) is 38.1. The number of phosphoric ester groups is 2. The molecule has 0 fully saturated rings. The van der Waals surface area contributed by atoms with Gasteiger partial charge in [-0.25, -0.2) is 9.13 Å². The van der Waals surface area contributed by atoms with Crippen molar-refractivity contribution in [2.24, 2.45) is 0 Å². The van der Waals surface area contributed by atoms with Gasteiger partial charge in [0.05, 0.1) is 33.0 Å². The predicted octanol–water partition coefficient (Wildman–Crippen LogP) is 21.0. The highest BCUT2D eigenvalue weighted by atomic mass is 31.2. The summed E-state index contributed by atoms with van der Waals surface area (Å²) in [5.74, 6) is -0.906. The molecule has 0 bridgehead atoms. The van der Waals surface area contributed by atoms with Crippen LogP contribution in [0.5, 0.6) is 0 Å². The Morgan fingerprint density at radius 2 is 0.667 bits per heavy atom. The van der Waals surface area contributed by atoms with E-state index in [0.717, 1.165) is 199 Å². The lowest BCUT2D eigenvalue weighted by Crippen LogP contribution is -2.29. The minimum atomic E-state index is -4.87. The monoisotopic (exact) mass is 1400 g/mol. The number of ether oxygens (including phenoxy) is 4. The molecular formula is C77H138O17P2. The van der Waals surface area contributed by atoms with Crippen LogP contribution in [-0.2, 0) is 65.4 Å². The number of aliphatic hydroxyl groups is 1. The molecule has 0 saturated carbocycles. The number of phosphoric acid groups is 2.